The van der Waals surface area contributed by atoms with Crippen LogP contribution in [0.1, 0.15) is 24.7 Å². The van der Waals surface area contributed by atoms with E-state index in [4.69, 9.17) is 4.98 Å². The Morgan fingerprint density at radius 1 is 1.20 bits per heavy atom. The van der Waals surface area contributed by atoms with Crippen molar-refractivity contribution in [2.75, 3.05) is 34.2 Å². The zero-order valence-corrected chi connectivity index (χ0v) is 12.7. The van der Waals surface area contributed by atoms with E-state index in [0.717, 1.165) is 12.1 Å². The summed E-state index contributed by atoms with van der Waals surface area (Å²) in [5, 5.41) is 0. The van der Waals surface area contributed by atoms with Gasteiger partial charge in [-0.2, -0.15) is 0 Å². The van der Waals surface area contributed by atoms with Crippen molar-refractivity contribution in [3.05, 3.63) is 30.1 Å². The van der Waals surface area contributed by atoms with Crippen LogP contribution in [0.25, 0.3) is 11.0 Å². The fourth-order valence-corrected chi connectivity index (χ4v) is 3.15. The van der Waals surface area contributed by atoms with Gasteiger partial charge in [-0.1, -0.05) is 12.1 Å². The van der Waals surface area contributed by atoms with E-state index in [2.05, 4.69) is 59.8 Å². The van der Waals surface area contributed by atoms with E-state index in [-0.39, 0.29) is 0 Å². The van der Waals surface area contributed by atoms with Gasteiger partial charge in [-0.05, 0) is 59.2 Å². The second-order valence-electron chi connectivity index (χ2n) is 6.16. The highest BCUT2D eigenvalue weighted by molar-refractivity contribution is 5.76. The Morgan fingerprint density at radius 2 is 1.90 bits per heavy atom. The Kier molecular flexibility index (Phi) is 3.76. The van der Waals surface area contributed by atoms with Gasteiger partial charge < -0.3 is 14.4 Å². The van der Waals surface area contributed by atoms with Crippen LogP contribution in [0.3, 0.4) is 0 Å². The smallest absolute Gasteiger partial charge is 0.124 e. The number of nitrogens with zero attached hydrogens (tertiary/aromatic N) is 4. The number of aromatic nitrogens is 2. The Bertz CT molecular complexity index is 579. The predicted molar refractivity (Wildman–Crippen MR) is 82.9 cm³/mol. The number of hydrogen-bond donors (Lipinski definition) is 0. The number of benzene rings is 1. The first-order valence-electron chi connectivity index (χ1n) is 7.44. The molecular weight excluding hydrogens is 248 g/mol. The van der Waals surface area contributed by atoms with E-state index in [0.29, 0.717) is 6.04 Å². The molecular formula is C16H24N4. The third-order valence-corrected chi connectivity index (χ3v) is 4.18. The normalized spacial score (nSPS) is 18.2. The first kappa shape index (κ1) is 13.6. The highest BCUT2D eigenvalue weighted by Gasteiger charge is 2.23. The lowest BCUT2D eigenvalue weighted by Gasteiger charge is -2.31. The van der Waals surface area contributed by atoms with E-state index in [9.17, 15) is 0 Å². The molecule has 2 aromatic rings. The molecule has 0 atom stereocenters. The van der Waals surface area contributed by atoms with E-state index in [1.54, 1.807) is 0 Å². The van der Waals surface area contributed by atoms with Crippen LogP contribution in [-0.4, -0.2) is 53.6 Å². The summed E-state index contributed by atoms with van der Waals surface area (Å²) in [5.41, 5.74) is 2.42. The monoisotopic (exact) mass is 272 g/mol. The lowest BCUT2D eigenvalue weighted by molar-refractivity contribution is 0.218. The molecule has 20 heavy (non-hydrogen) atoms. The maximum Gasteiger partial charge on any atom is 0.124 e. The number of piperidine rings is 1. The van der Waals surface area contributed by atoms with E-state index < -0.39 is 0 Å². The minimum Gasteiger partial charge on any atom is -0.324 e. The Labute approximate surface area is 121 Å². The second-order valence-corrected chi connectivity index (χ2v) is 6.16. The highest BCUT2D eigenvalue weighted by Crippen LogP contribution is 2.28. The molecule has 2 heterocycles. The maximum absolute atomic E-state index is 4.85. The number of rotatable bonds is 3. The zero-order valence-electron chi connectivity index (χ0n) is 12.7. The van der Waals surface area contributed by atoms with Crippen LogP contribution in [0, 0.1) is 0 Å². The summed E-state index contributed by atoms with van der Waals surface area (Å²) in [7, 11) is 6.43. The van der Waals surface area contributed by atoms with Gasteiger partial charge in [0.15, 0.2) is 0 Å². The number of imidazole rings is 1. The zero-order chi connectivity index (χ0) is 14.1. The van der Waals surface area contributed by atoms with Crippen LogP contribution >= 0.6 is 0 Å². The molecule has 0 radical (unpaired) electrons. The molecule has 0 N–H and O–H groups in total. The van der Waals surface area contributed by atoms with Crippen molar-refractivity contribution < 1.29 is 0 Å². The summed E-state index contributed by atoms with van der Waals surface area (Å²) < 4.78 is 2.49. The topological polar surface area (TPSA) is 24.3 Å². The van der Waals surface area contributed by atoms with Gasteiger partial charge in [0.1, 0.15) is 5.82 Å². The van der Waals surface area contributed by atoms with Gasteiger partial charge >= 0.3 is 0 Å². The van der Waals surface area contributed by atoms with Crippen LogP contribution < -0.4 is 0 Å². The molecule has 1 fully saturated rings. The van der Waals surface area contributed by atoms with Gasteiger partial charge in [0.2, 0.25) is 0 Å². The average molecular weight is 272 g/mol. The van der Waals surface area contributed by atoms with Crippen molar-refractivity contribution in [3.63, 3.8) is 0 Å². The standard InChI is InChI=1S/C16H24N4/c1-18(2)12-16-17-14-6-4-5-7-15(14)20(16)13-8-10-19(3)11-9-13/h4-7,13H,8-12H2,1-3H3. The third-order valence-electron chi connectivity index (χ3n) is 4.18. The Hall–Kier alpha value is -1.39. The van der Waals surface area contributed by atoms with Crippen molar-refractivity contribution in [3.8, 4) is 0 Å². The molecule has 1 aromatic carbocycles. The summed E-state index contributed by atoms with van der Waals surface area (Å²) in [6, 6.07) is 9.12. The summed E-state index contributed by atoms with van der Waals surface area (Å²) in [6.07, 6.45) is 2.44. The summed E-state index contributed by atoms with van der Waals surface area (Å²) in [6.45, 7) is 3.26. The Morgan fingerprint density at radius 3 is 2.60 bits per heavy atom. The SMILES string of the molecule is CN(C)Cc1nc2ccccc2n1C1CCN(C)CC1. The van der Waals surface area contributed by atoms with Crippen LogP contribution in [0.4, 0.5) is 0 Å². The van der Waals surface area contributed by atoms with Gasteiger partial charge in [0.25, 0.3) is 0 Å². The molecule has 0 unspecified atom stereocenters. The molecule has 0 spiro atoms. The second kappa shape index (κ2) is 5.54. The summed E-state index contributed by atoms with van der Waals surface area (Å²) in [4.78, 5) is 9.47. The molecule has 0 amide bonds. The molecule has 4 heteroatoms. The van der Waals surface area contributed by atoms with Gasteiger partial charge in [0.05, 0.1) is 17.6 Å². The molecule has 0 aliphatic carbocycles. The summed E-state index contributed by atoms with van der Waals surface area (Å²) in [5.74, 6) is 1.20. The number of likely N-dealkylation sites (tertiary alicyclic amines) is 1. The fraction of sp³-hybridized carbons (Fsp3) is 0.562. The minimum absolute atomic E-state index is 0.591. The molecule has 108 valence electrons. The molecule has 1 saturated heterocycles. The molecule has 0 saturated carbocycles. The van der Waals surface area contributed by atoms with Gasteiger partial charge in [-0.3, -0.25) is 0 Å². The highest BCUT2D eigenvalue weighted by atomic mass is 15.2. The third kappa shape index (κ3) is 2.58. The van der Waals surface area contributed by atoms with Crippen molar-refractivity contribution in [2.24, 2.45) is 0 Å². The quantitative estimate of drug-likeness (QED) is 0.857. The van der Waals surface area contributed by atoms with Crippen LogP contribution in [0.2, 0.25) is 0 Å². The molecule has 0 bridgehead atoms. The molecule has 1 aliphatic heterocycles. The summed E-state index contributed by atoms with van der Waals surface area (Å²) >= 11 is 0. The molecule has 1 aromatic heterocycles. The average Bonchev–Trinajstić information content (AvgIpc) is 2.77. The molecule has 1 aliphatic rings. The van der Waals surface area contributed by atoms with Gasteiger partial charge in [-0.25, -0.2) is 4.98 Å². The van der Waals surface area contributed by atoms with Crippen LogP contribution in [-0.2, 0) is 6.54 Å². The maximum atomic E-state index is 4.85. The first-order valence-corrected chi connectivity index (χ1v) is 7.44. The van der Waals surface area contributed by atoms with Crippen molar-refractivity contribution >= 4 is 11.0 Å². The number of para-hydroxylation sites is 2. The predicted octanol–water partition coefficient (Wildman–Crippen LogP) is 2.36. The van der Waals surface area contributed by atoms with Crippen molar-refractivity contribution in [1.29, 1.82) is 0 Å². The minimum atomic E-state index is 0.591. The van der Waals surface area contributed by atoms with Crippen LogP contribution in [0.15, 0.2) is 24.3 Å². The Balaban J connectivity index is 2.01. The first-order chi connectivity index (χ1) is 9.65. The van der Waals surface area contributed by atoms with Crippen molar-refractivity contribution in [2.45, 2.75) is 25.4 Å². The lowest BCUT2D eigenvalue weighted by atomic mass is 10.0. The van der Waals surface area contributed by atoms with E-state index >= 15 is 0 Å². The fourth-order valence-electron chi connectivity index (χ4n) is 3.15. The van der Waals surface area contributed by atoms with E-state index in [1.165, 1.54) is 37.3 Å². The number of hydrogen-bond acceptors (Lipinski definition) is 3. The molecule has 4 nitrogen and oxygen atoms in total. The molecule has 3 rings (SSSR count). The van der Waals surface area contributed by atoms with Gasteiger partial charge in [0, 0.05) is 6.04 Å². The van der Waals surface area contributed by atoms with Gasteiger partial charge in [-0.15, -0.1) is 0 Å². The van der Waals surface area contributed by atoms with E-state index in [1.807, 2.05) is 0 Å². The number of fused-ring (bicyclic) bond motifs is 1. The van der Waals surface area contributed by atoms with Crippen molar-refractivity contribution in [1.82, 2.24) is 19.4 Å². The lowest BCUT2D eigenvalue weighted by Crippen LogP contribution is -2.32. The van der Waals surface area contributed by atoms with Crippen LogP contribution in [0.5, 0.6) is 0 Å². The largest absolute Gasteiger partial charge is 0.324 e.